The van der Waals surface area contributed by atoms with E-state index in [0.717, 1.165) is 6.08 Å². The molecular weight excluding hydrogens is 276 g/mol. The molecule has 0 saturated heterocycles. The van der Waals surface area contributed by atoms with Gasteiger partial charge in [0.1, 0.15) is 0 Å². The standard InChI is InChI=1S/C15H18O6/c1-18-13(16)9-12(14(17)19-2)10-7-5-6-8-11(10)15(20-3)21-4/h5-9,15H,1-4H3/b12-9-. The van der Waals surface area contributed by atoms with Crippen LogP contribution in [0.25, 0.3) is 5.57 Å². The highest BCUT2D eigenvalue weighted by Gasteiger charge is 2.22. The summed E-state index contributed by atoms with van der Waals surface area (Å²) >= 11 is 0. The molecule has 0 atom stereocenters. The number of benzene rings is 1. The molecule has 0 saturated carbocycles. The lowest BCUT2D eigenvalue weighted by molar-refractivity contribution is -0.136. The molecule has 0 spiro atoms. The van der Waals surface area contributed by atoms with Crippen molar-refractivity contribution in [1.29, 1.82) is 0 Å². The minimum absolute atomic E-state index is 0.0686. The summed E-state index contributed by atoms with van der Waals surface area (Å²) in [4.78, 5) is 23.4. The summed E-state index contributed by atoms with van der Waals surface area (Å²) in [5.74, 6) is -1.31. The Kier molecular flexibility index (Phi) is 6.58. The summed E-state index contributed by atoms with van der Waals surface area (Å²) in [6.07, 6.45) is 0.402. The summed E-state index contributed by atoms with van der Waals surface area (Å²) in [6.45, 7) is 0. The molecule has 0 fully saturated rings. The van der Waals surface area contributed by atoms with Crippen molar-refractivity contribution in [3.8, 4) is 0 Å². The smallest absolute Gasteiger partial charge is 0.338 e. The highest BCUT2D eigenvalue weighted by molar-refractivity contribution is 6.20. The third-order valence-corrected chi connectivity index (χ3v) is 2.80. The molecule has 0 heterocycles. The number of hydrogen-bond donors (Lipinski definition) is 0. The quantitative estimate of drug-likeness (QED) is 0.452. The highest BCUT2D eigenvalue weighted by atomic mass is 16.7. The van der Waals surface area contributed by atoms with Gasteiger partial charge < -0.3 is 18.9 Å². The monoisotopic (exact) mass is 294 g/mol. The molecular formula is C15H18O6. The average molecular weight is 294 g/mol. The molecule has 0 aromatic heterocycles. The normalized spacial score (nSPS) is 11.4. The predicted molar refractivity (Wildman–Crippen MR) is 75.2 cm³/mol. The second-order valence-corrected chi connectivity index (χ2v) is 3.96. The van der Waals surface area contributed by atoms with E-state index < -0.39 is 18.2 Å². The molecule has 0 aliphatic rings. The van der Waals surface area contributed by atoms with Crippen molar-refractivity contribution in [1.82, 2.24) is 0 Å². The van der Waals surface area contributed by atoms with Gasteiger partial charge >= 0.3 is 11.9 Å². The van der Waals surface area contributed by atoms with Gasteiger partial charge in [-0.05, 0) is 5.56 Å². The first kappa shape index (κ1) is 16.9. The Bertz CT molecular complexity index is 531. The van der Waals surface area contributed by atoms with E-state index in [0.29, 0.717) is 11.1 Å². The zero-order valence-electron chi connectivity index (χ0n) is 12.4. The van der Waals surface area contributed by atoms with Crippen LogP contribution < -0.4 is 0 Å². The first-order valence-corrected chi connectivity index (χ1v) is 6.11. The van der Waals surface area contributed by atoms with Gasteiger partial charge in [-0.2, -0.15) is 0 Å². The molecule has 0 N–H and O–H groups in total. The van der Waals surface area contributed by atoms with Crippen LogP contribution in [0.2, 0.25) is 0 Å². The van der Waals surface area contributed by atoms with Gasteiger partial charge in [-0.3, -0.25) is 0 Å². The Hall–Kier alpha value is -2.18. The van der Waals surface area contributed by atoms with Gasteiger partial charge in [0.15, 0.2) is 6.29 Å². The maximum absolute atomic E-state index is 11.9. The van der Waals surface area contributed by atoms with Crippen LogP contribution in [0.1, 0.15) is 17.4 Å². The largest absolute Gasteiger partial charge is 0.466 e. The fourth-order valence-electron chi connectivity index (χ4n) is 1.83. The van der Waals surface area contributed by atoms with Gasteiger partial charge in [-0.15, -0.1) is 0 Å². The fourth-order valence-corrected chi connectivity index (χ4v) is 1.83. The van der Waals surface area contributed by atoms with Crippen molar-refractivity contribution < 1.29 is 28.5 Å². The Balaban J connectivity index is 3.41. The second kappa shape index (κ2) is 8.18. The van der Waals surface area contributed by atoms with Gasteiger partial charge in [-0.1, -0.05) is 24.3 Å². The SMILES string of the molecule is COC(=O)/C=C(\C(=O)OC)c1ccccc1C(OC)OC. The summed E-state index contributed by atoms with van der Waals surface area (Å²) in [5, 5.41) is 0. The number of rotatable bonds is 6. The van der Waals surface area contributed by atoms with E-state index >= 15 is 0 Å². The van der Waals surface area contributed by atoms with Crippen molar-refractivity contribution in [3.63, 3.8) is 0 Å². The number of ether oxygens (including phenoxy) is 4. The first-order valence-electron chi connectivity index (χ1n) is 6.11. The molecule has 114 valence electrons. The molecule has 0 aliphatic heterocycles. The van der Waals surface area contributed by atoms with Crippen molar-refractivity contribution in [2.75, 3.05) is 28.4 Å². The number of carbonyl (C=O) groups is 2. The maximum Gasteiger partial charge on any atom is 0.338 e. The molecule has 1 aromatic carbocycles. The van der Waals surface area contributed by atoms with Gasteiger partial charge in [0, 0.05) is 25.9 Å². The lowest BCUT2D eigenvalue weighted by atomic mass is 9.98. The van der Waals surface area contributed by atoms with Crippen LogP contribution in [0.5, 0.6) is 0 Å². The van der Waals surface area contributed by atoms with Crippen LogP contribution in [0.4, 0.5) is 0 Å². The maximum atomic E-state index is 11.9. The Labute approximate surface area is 123 Å². The van der Waals surface area contributed by atoms with E-state index in [1.54, 1.807) is 24.3 Å². The van der Waals surface area contributed by atoms with Crippen molar-refractivity contribution in [2.24, 2.45) is 0 Å². The molecule has 0 unspecified atom stereocenters. The molecule has 6 heteroatoms. The zero-order chi connectivity index (χ0) is 15.8. The molecule has 1 aromatic rings. The molecule has 1 rings (SSSR count). The molecule has 0 amide bonds. The summed E-state index contributed by atoms with van der Waals surface area (Å²) in [7, 11) is 5.42. The predicted octanol–water partition coefficient (Wildman–Crippen LogP) is 1.71. The van der Waals surface area contributed by atoms with Crippen LogP contribution >= 0.6 is 0 Å². The van der Waals surface area contributed by atoms with Gasteiger partial charge in [0.05, 0.1) is 19.8 Å². The van der Waals surface area contributed by atoms with Gasteiger partial charge in [0.2, 0.25) is 0 Å². The van der Waals surface area contributed by atoms with E-state index in [9.17, 15) is 9.59 Å². The fraction of sp³-hybridized carbons (Fsp3) is 0.333. The van der Waals surface area contributed by atoms with Crippen LogP contribution in [0.3, 0.4) is 0 Å². The van der Waals surface area contributed by atoms with Crippen LogP contribution in [0, 0.1) is 0 Å². The molecule has 21 heavy (non-hydrogen) atoms. The number of hydrogen-bond acceptors (Lipinski definition) is 6. The minimum atomic E-state index is -0.674. The van der Waals surface area contributed by atoms with Crippen molar-refractivity contribution >= 4 is 17.5 Å². The summed E-state index contributed by atoms with van der Waals surface area (Å²) in [5.41, 5.74) is 1.14. The molecule has 0 radical (unpaired) electrons. The second-order valence-electron chi connectivity index (χ2n) is 3.96. The van der Waals surface area contributed by atoms with E-state index in [1.807, 2.05) is 0 Å². The van der Waals surface area contributed by atoms with Crippen molar-refractivity contribution in [2.45, 2.75) is 6.29 Å². The van der Waals surface area contributed by atoms with Gasteiger partial charge in [0.25, 0.3) is 0 Å². The van der Waals surface area contributed by atoms with E-state index in [4.69, 9.17) is 14.2 Å². The average Bonchev–Trinajstić information content (AvgIpc) is 2.53. The number of methoxy groups -OCH3 is 4. The molecule has 6 nitrogen and oxygen atoms in total. The summed E-state index contributed by atoms with van der Waals surface area (Å²) < 4.78 is 19.7. The van der Waals surface area contributed by atoms with Crippen LogP contribution in [0.15, 0.2) is 30.3 Å². The number of esters is 2. The Morgan fingerprint density at radius 2 is 1.62 bits per heavy atom. The third-order valence-electron chi connectivity index (χ3n) is 2.80. The third kappa shape index (κ3) is 4.14. The molecule has 0 aliphatic carbocycles. The van der Waals surface area contributed by atoms with Crippen molar-refractivity contribution in [3.05, 3.63) is 41.5 Å². The molecule has 0 bridgehead atoms. The van der Waals surface area contributed by atoms with E-state index in [-0.39, 0.29) is 5.57 Å². The highest BCUT2D eigenvalue weighted by Crippen LogP contribution is 2.28. The Morgan fingerprint density at radius 3 is 2.14 bits per heavy atom. The lowest BCUT2D eigenvalue weighted by Gasteiger charge is -2.18. The minimum Gasteiger partial charge on any atom is -0.466 e. The topological polar surface area (TPSA) is 71.1 Å². The first-order chi connectivity index (χ1) is 10.1. The van der Waals surface area contributed by atoms with Crippen LogP contribution in [-0.2, 0) is 28.5 Å². The van der Waals surface area contributed by atoms with Crippen LogP contribution in [-0.4, -0.2) is 40.4 Å². The van der Waals surface area contributed by atoms with E-state index in [1.165, 1.54) is 28.4 Å². The van der Waals surface area contributed by atoms with E-state index in [2.05, 4.69) is 4.74 Å². The summed E-state index contributed by atoms with van der Waals surface area (Å²) in [6, 6.07) is 6.92. The number of carbonyl (C=O) groups excluding carboxylic acids is 2. The van der Waals surface area contributed by atoms with Gasteiger partial charge in [-0.25, -0.2) is 9.59 Å². The lowest BCUT2D eigenvalue weighted by Crippen LogP contribution is -2.12. The Morgan fingerprint density at radius 1 is 1.00 bits per heavy atom. The zero-order valence-corrected chi connectivity index (χ0v) is 12.4.